The first-order chi connectivity index (χ1) is 15.9. The fourth-order valence-electron chi connectivity index (χ4n) is 3.84. The van der Waals surface area contributed by atoms with Gasteiger partial charge in [0.05, 0.1) is 17.9 Å². The van der Waals surface area contributed by atoms with Crippen LogP contribution in [0.15, 0.2) is 6.20 Å². The van der Waals surface area contributed by atoms with Crippen LogP contribution < -0.4 is 5.32 Å². The highest BCUT2D eigenvalue weighted by molar-refractivity contribution is 8.32. The van der Waals surface area contributed by atoms with E-state index in [1.54, 1.807) is 16.0 Å². The molecule has 1 saturated heterocycles. The number of nitrogens with zero attached hydrogens (tertiary/aromatic N) is 3. The van der Waals surface area contributed by atoms with Gasteiger partial charge in [-0.1, -0.05) is 13.8 Å². The van der Waals surface area contributed by atoms with Gasteiger partial charge in [0, 0.05) is 36.1 Å². The SMILES string of the molecule is CC.CS(C)(C)CCOCn1cc(C(=O)NC2CCOCC2)c(-c2nc3c(s2)CCCC3)n1. The van der Waals surface area contributed by atoms with Crippen LogP contribution in [-0.4, -0.2) is 71.1 Å². The van der Waals surface area contributed by atoms with Crippen LogP contribution in [0, 0.1) is 0 Å². The van der Waals surface area contributed by atoms with Gasteiger partial charge in [-0.25, -0.2) is 19.7 Å². The summed E-state index contributed by atoms with van der Waals surface area (Å²) in [5.74, 6) is 0.970. The lowest BCUT2D eigenvalue weighted by Crippen LogP contribution is -2.38. The first-order valence-corrected chi connectivity index (χ1v) is 15.9. The molecular weight excluding hydrogens is 456 g/mol. The molecule has 1 aliphatic heterocycles. The molecule has 7 nitrogen and oxygen atoms in total. The van der Waals surface area contributed by atoms with Crippen molar-refractivity contribution in [3.05, 3.63) is 22.3 Å². The Morgan fingerprint density at radius 1 is 1.24 bits per heavy atom. The van der Waals surface area contributed by atoms with Crippen LogP contribution in [-0.2, 0) is 29.0 Å². The zero-order chi connectivity index (χ0) is 23.8. The summed E-state index contributed by atoms with van der Waals surface area (Å²) in [4.78, 5) is 19.4. The van der Waals surface area contributed by atoms with Crippen molar-refractivity contribution in [2.45, 2.75) is 65.1 Å². The highest BCUT2D eigenvalue weighted by Crippen LogP contribution is 2.34. The van der Waals surface area contributed by atoms with Crippen molar-refractivity contribution < 1.29 is 14.3 Å². The summed E-state index contributed by atoms with van der Waals surface area (Å²) in [6, 6.07) is 0.146. The quantitative estimate of drug-likeness (QED) is 0.545. The number of carbonyl (C=O) groups excluding carboxylic acids is 1. The number of aromatic nitrogens is 3. The number of aryl methyl sites for hydroxylation is 2. The molecule has 2 aromatic heterocycles. The van der Waals surface area contributed by atoms with Crippen LogP contribution in [0.1, 0.15) is 60.5 Å². The second kappa shape index (κ2) is 12.3. The largest absolute Gasteiger partial charge is 0.381 e. The van der Waals surface area contributed by atoms with E-state index in [9.17, 15) is 4.79 Å². The molecular formula is C24H40N4O3S2. The van der Waals surface area contributed by atoms with Gasteiger partial charge in [0.1, 0.15) is 17.4 Å². The van der Waals surface area contributed by atoms with E-state index in [1.807, 2.05) is 20.0 Å². The minimum absolute atomic E-state index is 0.0829. The van der Waals surface area contributed by atoms with Crippen LogP contribution in [0.25, 0.3) is 10.7 Å². The lowest BCUT2D eigenvalue weighted by molar-refractivity contribution is 0.0695. The predicted octanol–water partition coefficient (Wildman–Crippen LogP) is 4.49. The molecule has 0 saturated carbocycles. The average molecular weight is 497 g/mol. The van der Waals surface area contributed by atoms with Crippen molar-refractivity contribution in [1.29, 1.82) is 0 Å². The number of thiazole rings is 1. The van der Waals surface area contributed by atoms with Gasteiger partial charge in [-0.15, -0.1) is 11.3 Å². The second-order valence-electron chi connectivity index (χ2n) is 9.22. The van der Waals surface area contributed by atoms with Crippen molar-refractivity contribution in [2.24, 2.45) is 0 Å². The maximum absolute atomic E-state index is 13.2. The molecule has 1 N–H and O–H groups in total. The normalized spacial score (nSPS) is 17.1. The summed E-state index contributed by atoms with van der Waals surface area (Å²) in [7, 11) is -0.594. The van der Waals surface area contributed by atoms with Crippen LogP contribution in [0.4, 0.5) is 0 Å². The maximum Gasteiger partial charge on any atom is 0.255 e. The number of fused-ring (bicyclic) bond motifs is 1. The van der Waals surface area contributed by atoms with Crippen molar-refractivity contribution >= 4 is 27.3 Å². The Morgan fingerprint density at radius 2 is 1.97 bits per heavy atom. The van der Waals surface area contributed by atoms with E-state index in [2.05, 4.69) is 24.1 Å². The minimum atomic E-state index is -0.594. The molecule has 3 heterocycles. The van der Waals surface area contributed by atoms with Crippen LogP contribution in [0.5, 0.6) is 0 Å². The molecule has 0 unspecified atom stereocenters. The molecule has 4 rings (SSSR count). The highest BCUT2D eigenvalue weighted by atomic mass is 32.3. The number of amides is 1. The fourth-order valence-corrected chi connectivity index (χ4v) is 5.60. The summed E-state index contributed by atoms with van der Waals surface area (Å²) in [6.07, 6.45) is 14.9. The van der Waals surface area contributed by atoms with Gasteiger partial charge in [0.25, 0.3) is 5.91 Å². The highest BCUT2D eigenvalue weighted by Gasteiger charge is 2.25. The molecule has 1 fully saturated rings. The Morgan fingerprint density at radius 3 is 2.67 bits per heavy atom. The molecule has 0 radical (unpaired) electrons. The number of hydrogen-bond donors (Lipinski definition) is 1. The Bertz CT molecular complexity index is 875. The van der Waals surface area contributed by atoms with E-state index < -0.39 is 10.0 Å². The number of ether oxygens (including phenoxy) is 2. The van der Waals surface area contributed by atoms with Crippen LogP contribution in [0.2, 0.25) is 0 Å². The van der Waals surface area contributed by atoms with Gasteiger partial charge >= 0.3 is 0 Å². The van der Waals surface area contributed by atoms with Crippen molar-refractivity contribution in [1.82, 2.24) is 20.1 Å². The van der Waals surface area contributed by atoms with Gasteiger partial charge in [0.15, 0.2) is 0 Å². The predicted molar refractivity (Wildman–Crippen MR) is 139 cm³/mol. The van der Waals surface area contributed by atoms with E-state index in [0.29, 0.717) is 37.8 Å². The molecule has 9 heteroatoms. The third-order valence-corrected chi connectivity index (χ3v) is 8.23. The van der Waals surface area contributed by atoms with Crippen LogP contribution in [0.3, 0.4) is 0 Å². The van der Waals surface area contributed by atoms with Gasteiger partial charge in [-0.3, -0.25) is 4.79 Å². The number of hydrogen-bond acceptors (Lipinski definition) is 6. The zero-order valence-corrected chi connectivity index (χ0v) is 22.4. The molecule has 0 bridgehead atoms. The van der Waals surface area contributed by atoms with Gasteiger partial charge < -0.3 is 14.8 Å². The molecule has 186 valence electrons. The molecule has 2 aliphatic rings. The average Bonchev–Trinajstić information content (AvgIpc) is 3.42. The minimum Gasteiger partial charge on any atom is -0.381 e. The Hall–Kier alpha value is -1.42. The Balaban J connectivity index is 0.00000149. The standard InChI is InChI=1S/C22H34N4O3S2.C2H6/c1-31(2,3)13-12-29-15-26-14-17(21(27)23-16-8-10-28-11-9-16)20(25-26)22-24-18-6-4-5-7-19(18)30-22;1-2/h14,16H,4-13,15H2,1-3H3,(H,23,27);1-2H3. The fraction of sp³-hybridized carbons (Fsp3) is 0.708. The topological polar surface area (TPSA) is 78.3 Å². The van der Waals surface area contributed by atoms with E-state index in [1.165, 1.54) is 23.4 Å². The second-order valence-corrected chi connectivity index (χ2v) is 14.9. The van der Waals surface area contributed by atoms with Crippen LogP contribution >= 0.6 is 21.4 Å². The summed E-state index contributed by atoms with van der Waals surface area (Å²) in [5, 5.41) is 8.76. The maximum atomic E-state index is 13.2. The Kier molecular flexibility index (Phi) is 9.79. The third-order valence-electron chi connectivity index (χ3n) is 5.67. The summed E-state index contributed by atoms with van der Waals surface area (Å²) < 4.78 is 13.0. The summed E-state index contributed by atoms with van der Waals surface area (Å²) in [6.45, 7) is 6.43. The Labute approximate surface area is 204 Å². The molecule has 0 aromatic carbocycles. The zero-order valence-electron chi connectivity index (χ0n) is 20.8. The van der Waals surface area contributed by atoms with Crippen molar-refractivity contribution in [2.75, 3.05) is 44.3 Å². The van der Waals surface area contributed by atoms with E-state index in [4.69, 9.17) is 19.6 Å². The molecule has 2 aromatic rings. The summed E-state index contributed by atoms with van der Waals surface area (Å²) in [5.41, 5.74) is 2.44. The monoisotopic (exact) mass is 496 g/mol. The van der Waals surface area contributed by atoms with E-state index >= 15 is 0 Å². The lowest BCUT2D eigenvalue weighted by Gasteiger charge is -2.24. The van der Waals surface area contributed by atoms with E-state index in [-0.39, 0.29) is 11.9 Å². The van der Waals surface area contributed by atoms with Gasteiger partial charge in [-0.2, -0.15) is 5.10 Å². The molecule has 0 atom stereocenters. The number of rotatable bonds is 8. The van der Waals surface area contributed by atoms with Crippen molar-refractivity contribution in [3.63, 3.8) is 0 Å². The summed E-state index contributed by atoms with van der Waals surface area (Å²) >= 11 is 1.69. The number of carbonyl (C=O) groups is 1. The smallest absolute Gasteiger partial charge is 0.255 e. The molecule has 33 heavy (non-hydrogen) atoms. The van der Waals surface area contributed by atoms with Crippen molar-refractivity contribution in [3.8, 4) is 10.7 Å². The van der Waals surface area contributed by atoms with Gasteiger partial charge in [0.2, 0.25) is 0 Å². The van der Waals surface area contributed by atoms with E-state index in [0.717, 1.165) is 36.4 Å². The first-order valence-electron chi connectivity index (χ1n) is 12.1. The first kappa shape index (κ1) is 26.2. The van der Waals surface area contributed by atoms with Gasteiger partial charge in [-0.05, 0) is 57.3 Å². The molecule has 1 aliphatic carbocycles. The molecule has 0 spiro atoms. The lowest BCUT2D eigenvalue weighted by atomic mass is 10.0. The third kappa shape index (κ3) is 7.53. The number of nitrogens with one attached hydrogen (secondary N) is 1. The molecule has 1 amide bonds.